The van der Waals surface area contributed by atoms with Crippen molar-refractivity contribution in [2.24, 2.45) is 0 Å². The molecule has 0 saturated heterocycles. The summed E-state index contributed by atoms with van der Waals surface area (Å²) in [6.45, 7) is 0. The smallest absolute Gasteiger partial charge is 0.239 e. The number of rotatable bonds is 2. The van der Waals surface area contributed by atoms with Gasteiger partial charge in [-0.3, -0.25) is 0 Å². The van der Waals surface area contributed by atoms with Crippen LogP contribution >= 0.6 is 0 Å². The Bertz CT molecular complexity index is 744. The van der Waals surface area contributed by atoms with Crippen LogP contribution in [0, 0.1) is 11.3 Å². The second-order valence-corrected chi connectivity index (χ2v) is 3.44. The van der Waals surface area contributed by atoms with Crippen molar-refractivity contribution in [3.05, 3.63) is 42.0 Å². The number of fused-ring (bicyclic) bond motifs is 1. The number of aromatic nitrogens is 5. The third-order valence-electron chi connectivity index (χ3n) is 2.23. The van der Waals surface area contributed by atoms with Crippen LogP contribution in [0.1, 0.15) is 5.56 Å². The standard InChI is InChI=1S/C11H6N6O/c12-7-8-2-1-3-9(6-8)18-11-5-4-10-13-15-16-17(10)14-11/h1-6H. The van der Waals surface area contributed by atoms with Gasteiger partial charge in [0.15, 0.2) is 5.65 Å². The van der Waals surface area contributed by atoms with Gasteiger partial charge in [-0.2, -0.15) is 5.26 Å². The molecule has 0 bridgehead atoms. The molecule has 3 rings (SSSR count). The third kappa shape index (κ3) is 1.82. The van der Waals surface area contributed by atoms with E-state index < -0.39 is 0 Å². The van der Waals surface area contributed by atoms with E-state index in [1.807, 2.05) is 6.07 Å². The molecule has 3 aromatic rings. The minimum atomic E-state index is 0.352. The van der Waals surface area contributed by atoms with Gasteiger partial charge in [0.1, 0.15) is 5.75 Å². The van der Waals surface area contributed by atoms with Crippen molar-refractivity contribution in [2.75, 3.05) is 0 Å². The van der Waals surface area contributed by atoms with Crippen molar-refractivity contribution in [3.63, 3.8) is 0 Å². The largest absolute Gasteiger partial charge is 0.437 e. The van der Waals surface area contributed by atoms with E-state index in [0.717, 1.165) is 0 Å². The Kier molecular flexibility index (Phi) is 2.32. The van der Waals surface area contributed by atoms with Crippen molar-refractivity contribution in [2.45, 2.75) is 0 Å². The zero-order valence-corrected chi connectivity index (χ0v) is 9.06. The van der Waals surface area contributed by atoms with Gasteiger partial charge in [0.05, 0.1) is 11.6 Å². The Morgan fingerprint density at radius 2 is 2.17 bits per heavy atom. The summed E-state index contributed by atoms with van der Waals surface area (Å²) in [4.78, 5) is 0. The first kappa shape index (κ1) is 10.2. The van der Waals surface area contributed by atoms with Crippen LogP contribution in [0.3, 0.4) is 0 Å². The number of tetrazole rings is 1. The molecule has 2 aromatic heterocycles. The van der Waals surface area contributed by atoms with Crippen LogP contribution in [-0.2, 0) is 0 Å². The van der Waals surface area contributed by atoms with Crippen LogP contribution < -0.4 is 4.74 Å². The van der Waals surface area contributed by atoms with Gasteiger partial charge in [-0.25, -0.2) is 0 Å². The molecule has 0 aliphatic carbocycles. The normalized spacial score (nSPS) is 10.2. The lowest BCUT2D eigenvalue weighted by Gasteiger charge is -2.03. The molecule has 0 radical (unpaired) electrons. The van der Waals surface area contributed by atoms with Crippen LogP contribution in [-0.4, -0.2) is 25.3 Å². The maximum atomic E-state index is 8.79. The molecular formula is C11H6N6O. The fourth-order valence-corrected chi connectivity index (χ4v) is 1.44. The van der Waals surface area contributed by atoms with Gasteiger partial charge >= 0.3 is 0 Å². The lowest BCUT2D eigenvalue weighted by atomic mass is 10.2. The molecule has 0 aliphatic rings. The van der Waals surface area contributed by atoms with Gasteiger partial charge in [0.25, 0.3) is 0 Å². The first-order valence-corrected chi connectivity index (χ1v) is 5.08. The molecular weight excluding hydrogens is 232 g/mol. The van der Waals surface area contributed by atoms with Crippen LogP contribution in [0.2, 0.25) is 0 Å². The van der Waals surface area contributed by atoms with Crippen LogP contribution in [0.4, 0.5) is 0 Å². The highest BCUT2D eigenvalue weighted by Gasteiger charge is 2.03. The van der Waals surface area contributed by atoms with E-state index in [1.54, 1.807) is 36.4 Å². The third-order valence-corrected chi connectivity index (χ3v) is 2.23. The fourth-order valence-electron chi connectivity index (χ4n) is 1.44. The minimum absolute atomic E-state index is 0.352. The SMILES string of the molecule is N#Cc1cccc(Oc2ccc3nnnn3n2)c1. The molecule has 7 heteroatoms. The number of benzene rings is 1. The molecule has 2 heterocycles. The molecule has 0 amide bonds. The Morgan fingerprint density at radius 3 is 3.06 bits per heavy atom. The fraction of sp³-hybridized carbons (Fsp3) is 0. The number of nitriles is 1. The van der Waals surface area contributed by atoms with E-state index in [9.17, 15) is 0 Å². The topological polar surface area (TPSA) is 89.0 Å². The second-order valence-electron chi connectivity index (χ2n) is 3.44. The van der Waals surface area contributed by atoms with Gasteiger partial charge in [-0.15, -0.1) is 14.8 Å². The number of ether oxygens (including phenoxy) is 1. The summed E-state index contributed by atoms with van der Waals surface area (Å²) in [5.41, 5.74) is 1.06. The molecule has 7 nitrogen and oxygen atoms in total. The summed E-state index contributed by atoms with van der Waals surface area (Å²) in [5, 5.41) is 23.7. The summed E-state index contributed by atoms with van der Waals surface area (Å²) in [5.74, 6) is 0.888. The van der Waals surface area contributed by atoms with E-state index in [0.29, 0.717) is 22.8 Å². The highest BCUT2D eigenvalue weighted by Crippen LogP contribution is 2.19. The van der Waals surface area contributed by atoms with Gasteiger partial charge in [-0.1, -0.05) is 6.07 Å². The van der Waals surface area contributed by atoms with Crippen molar-refractivity contribution >= 4 is 5.65 Å². The average molecular weight is 238 g/mol. The molecule has 18 heavy (non-hydrogen) atoms. The Balaban J connectivity index is 1.93. The van der Waals surface area contributed by atoms with E-state index >= 15 is 0 Å². The number of nitrogens with zero attached hydrogens (tertiary/aromatic N) is 6. The monoisotopic (exact) mass is 238 g/mol. The second kappa shape index (κ2) is 4.10. The maximum Gasteiger partial charge on any atom is 0.239 e. The molecule has 0 spiro atoms. The number of hydrogen-bond donors (Lipinski definition) is 0. The molecule has 0 saturated carbocycles. The number of hydrogen-bond acceptors (Lipinski definition) is 6. The summed E-state index contributed by atoms with van der Waals surface area (Å²) in [7, 11) is 0. The average Bonchev–Trinajstić information content (AvgIpc) is 2.86. The molecule has 0 fully saturated rings. The molecule has 0 unspecified atom stereocenters. The minimum Gasteiger partial charge on any atom is -0.437 e. The first-order chi connectivity index (χ1) is 8.85. The highest BCUT2D eigenvalue weighted by molar-refractivity contribution is 5.39. The zero-order valence-electron chi connectivity index (χ0n) is 9.06. The van der Waals surface area contributed by atoms with Gasteiger partial charge in [0.2, 0.25) is 5.88 Å². The molecule has 0 atom stereocenters. The van der Waals surface area contributed by atoms with Crippen molar-refractivity contribution < 1.29 is 4.74 Å². The molecule has 0 aliphatic heterocycles. The Morgan fingerprint density at radius 1 is 1.22 bits per heavy atom. The van der Waals surface area contributed by atoms with E-state index in [2.05, 4.69) is 20.6 Å². The molecule has 86 valence electrons. The Hall–Kier alpha value is -3.01. The van der Waals surface area contributed by atoms with Crippen molar-refractivity contribution in [1.29, 1.82) is 5.26 Å². The van der Waals surface area contributed by atoms with Crippen LogP contribution in [0.25, 0.3) is 5.65 Å². The highest BCUT2D eigenvalue weighted by atomic mass is 16.5. The van der Waals surface area contributed by atoms with Crippen LogP contribution in [0.15, 0.2) is 36.4 Å². The summed E-state index contributed by atoms with van der Waals surface area (Å²) >= 11 is 0. The maximum absolute atomic E-state index is 8.79. The van der Waals surface area contributed by atoms with E-state index in [-0.39, 0.29) is 0 Å². The Labute approximate surface area is 101 Å². The van der Waals surface area contributed by atoms with Crippen LogP contribution in [0.5, 0.6) is 11.6 Å². The molecule has 0 N–H and O–H groups in total. The quantitative estimate of drug-likeness (QED) is 0.666. The lowest BCUT2D eigenvalue weighted by Crippen LogP contribution is -1.97. The van der Waals surface area contributed by atoms with E-state index in [4.69, 9.17) is 10.00 Å². The van der Waals surface area contributed by atoms with Gasteiger partial charge in [-0.05, 0) is 34.7 Å². The summed E-state index contributed by atoms with van der Waals surface area (Å²) in [6.07, 6.45) is 0. The summed E-state index contributed by atoms with van der Waals surface area (Å²) < 4.78 is 6.79. The predicted octanol–water partition coefficient (Wildman–Crippen LogP) is 1.18. The van der Waals surface area contributed by atoms with Crippen molar-refractivity contribution in [3.8, 4) is 17.7 Å². The van der Waals surface area contributed by atoms with E-state index in [1.165, 1.54) is 4.63 Å². The predicted molar refractivity (Wildman–Crippen MR) is 59.8 cm³/mol. The molecule has 1 aromatic carbocycles. The lowest BCUT2D eigenvalue weighted by molar-refractivity contribution is 0.447. The van der Waals surface area contributed by atoms with Gasteiger partial charge < -0.3 is 4.74 Å². The van der Waals surface area contributed by atoms with Crippen molar-refractivity contribution in [1.82, 2.24) is 25.3 Å². The first-order valence-electron chi connectivity index (χ1n) is 5.08. The zero-order chi connectivity index (χ0) is 12.4. The van der Waals surface area contributed by atoms with Gasteiger partial charge in [0, 0.05) is 6.07 Å². The summed E-state index contributed by atoms with van der Waals surface area (Å²) in [6, 6.07) is 12.2.